The zero-order valence-corrected chi connectivity index (χ0v) is 9.34. The van der Waals surface area contributed by atoms with Gasteiger partial charge in [0.25, 0.3) is 0 Å². The summed E-state index contributed by atoms with van der Waals surface area (Å²) in [6.07, 6.45) is 3.28. The molecule has 0 spiro atoms. The molecule has 0 saturated heterocycles. The van der Waals surface area contributed by atoms with Crippen molar-refractivity contribution in [3.8, 4) is 0 Å². The van der Waals surface area contributed by atoms with Gasteiger partial charge < -0.3 is 0 Å². The van der Waals surface area contributed by atoms with Gasteiger partial charge in [-0.3, -0.25) is 4.79 Å². The molecule has 1 nitrogen and oxygen atoms in total. The zero-order chi connectivity index (χ0) is 12.1. The minimum absolute atomic E-state index is 0.0196. The second kappa shape index (κ2) is 5.31. The Morgan fingerprint density at radius 3 is 2.29 bits per heavy atom. The van der Waals surface area contributed by atoms with Crippen LogP contribution in [0.15, 0.2) is 60.7 Å². The topological polar surface area (TPSA) is 17.1 Å². The normalized spacial score (nSPS) is 10.6. The van der Waals surface area contributed by atoms with E-state index < -0.39 is 0 Å². The Labute approximate surface area is 102 Å². The summed E-state index contributed by atoms with van der Waals surface area (Å²) in [6, 6.07) is 16.6. The minimum Gasteiger partial charge on any atom is -0.289 e. The quantitative estimate of drug-likeness (QED) is 0.439. The average Bonchev–Trinajstić information content (AvgIpc) is 2.38. The number of carbonyl (C=O) groups is 1. The third-order valence-corrected chi connectivity index (χ3v) is 2.47. The SMILES string of the molecule is [B]c1ccccc1C=CC(=O)c1ccccc1. The minimum atomic E-state index is -0.0196. The van der Waals surface area contributed by atoms with Crippen LogP contribution in [-0.2, 0) is 0 Å². The summed E-state index contributed by atoms with van der Waals surface area (Å²) < 4.78 is 0. The van der Waals surface area contributed by atoms with E-state index in [1.807, 2.05) is 42.5 Å². The van der Waals surface area contributed by atoms with Crippen LogP contribution in [-0.4, -0.2) is 13.6 Å². The fourth-order valence-corrected chi connectivity index (χ4v) is 1.53. The summed E-state index contributed by atoms with van der Waals surface area (Å²) in [6.45, 7) is 0. The molecule has 0 aliphatic rings. The molecule has 2 heteroatoms. The van der Waals surface area contributed by atoms with Crippen LogP contribution in [0.5, 0.6) is 0 Å². The predicted octanol–water partition coefficient (Wildman–Crippen LogP) is 2.38. The van der Waals surface area contributed by atoms with E-state index in [4.69, 9.17) is 7.85 Å². The summed E-state index contributed by atoms with van der Waals surface area (Å²) >= 11 is 0. The molecule has 0 atom stereocenters. The molecule has 80 valence electrons. The van der Waals surface area contributed by atoms with Crippen molar-refractivity contribution < 1.29 is 4.79 Å². The molecule has 0 aliphatic carbocycles. The van der Waals surface area contributed by atoms with Crippen molar-refractivity contribution in [3.05, 3.63) is 71.8 Å². The molecule has 0 heterocycles. The van der Waals surface area contributed by atoms with Crippen molar-refractivity contribution in [2.24, 2.45) is 0 Å². The molecule has 2 aromatic rings. The largest absolute Gasteiger partial charge is 0.289 e. The van der Waals surface area contributed by atoms with E-state index in [9.17, 15) is 4.79 Å². The lowest BCUT2D eigenvalue weighted by atomic mass is 9.90. The molecule has 0 N–H and O–H groups in total. The van der Waals surface area contributed by atoms with E-state index in [0.717, 1.165) is 5.56 Å². The van der Waals surface area contributed by atoms with Gasteiger partial charge in [0.15, 0.2) is 5.78 Å². The maximum atomic E-state index is 11.8. The molecule has 0 unspecified atom stereocenters. The fraction of sp³-hybridized carbons (Fsp3) is 0. The average molecular weight is 218 g/mol. The lowest BCUT2D eigenvalue weighted by molar-refractivity contribution is 0.104. The molecule has 0 saturated carbocycles. The van der Waals surface area contributed by atoms with E-state index in [1.54, 1.807) is 24.3 Å². The molecular weight excluding hydrogens is 207 g/mol. The predicted molar refractivity (Wildman–Crippen MR) is 71.6 cm³/mol. The van der Waals surface area contributed by atoms with Gasteiger partial charge in [0, 0.05) is 5.56 Å². The number of carbonyl (C=O) groups excluding carboxylic acids is 1. The molecule has 0 bridgehead atoms. The Bertz CT molecular complexity index is 544. The van der Waals surface area contributed by atoms with Gasteiger partial charge in [-0.2, -0.15) is 0 Å². The van der Waals surface area contributed by atoms with Crippen molar-refractivity contribution in [1.82, 2.24) is 0 Å². The Balaban J connectivity index is 2.17. The fourth-order valence-electron chi connectivity index (χ4n) is 1.53. The summed E-state index contributed by atoms with van der Waals surface area (Å²) in [7, 11) is 5.78. The number of benzene rings is 2. The molecule has 2 radical (unpaired) electrons. The highest BCUT2D eigenvalue weighted by Crippen LogP contribution is 2.03. The standard InChI is InChI=1S/C15H11BO/c16-14-9-5-4-6-12(14)10-11-15(17)13-7-2-1-3-8-13/h1-11H. The van der Waals surface area contributed by atoms with E-state index in [-0.39, 0.29) is 5.78 Å². The van der Waals surface area contributed by atoms with Crippen LogP contribution in [0.4, 0.5) is 0 Å². The molecule has 2 rings (SSSR count). The zero-order valence-electron chi connectivity index (χ0n) is 9.34. The maximum Gasteiger partial charge on any atom is 0.185 e. The highest BCUT2D eigenvalue weighted by Gasteiger charge is 1.99. The van der Waals surface area contributed by atoms with Gasteiger partial charge in [0.2, 0.25) is 0 Å². The van der Waals surface area contributed by atoms with E-state index in [1.165, 1.54) is 0 Å². The lowest BCUT2D eigenvalue weighted by Crippen LogP contribution is -2.05. The van der Waals surface area contributed by atoms with Crippen LogP contribution < -0.4 is 5.46 Å². The van der Waals surface area contributed by atoms with Gasteiger partial charge in [-0.1, -0.05) is 66.1 Å². The van der Waals surface area contributed by atoms with Gasteiger partial charge in [0.05, 0.1) is 0 Å². The second-order valence-corrected chi connectivity index (χ2v) is 3.69. The van der Waals surface area contributed by atoms with Crippen LogP contribution in [0.3, 0.4) is 0 Å². The van der Waals surface area contributed by atoms with Gasteiger partial charge in [-0.05, 0) is 11.6 Å². The Morgan fingerprint density at radius 2 is 1.59 bits per heavy atom. The summed E-state index contributed by atoms with van der Waals surface area (Å²) in [5.74, 6) is -0.0196. The number of allylic oxidation sites excluding steroid dienone is 1. The number of hydrogen-bond acceptors (Lipinski definition) is 1. The van der Waals surface area contributed by atoms with Crippen molar-refractivity contribution in [3.63, 3.8) is 0 Å². The third kappa shape index (κ3) is 2.94. The molecule has 0 aliphatic heterocycles. The molecule has 0 amide bonds. The van der Waals surface area contributed by atoms with Gasteiger partial charge >= 0.3 is 0 Å². The van der Waals surface area contributed by atoms with E-state index in [2.05, 4.69) is 0 Å². The monoisotopic (exact) mass is 218 g/mol. The maximum absolute atomic E-state index is 11.8. The first-order chi connectivity index (χ1) is 8.27. The smallest absolute Gasteiger partial charge is 0.185 e. The molecule has 0 fully saturated rings. The van der Waals surface area contributed by atoms with Crippen LogP contribution in [0.2, 0.25) is 0 Å². The summed E-state index contributed by atoms with van der Waals surface area (Å²) in [5.41, 5.74) is 2.21. The van der Waals surface area contributed by atoms with Gasteiger partial charge in [0.1, 0.15) is 7.85 Å². The second-order valence-electron chi connectivity index (χ2n) is 3.69. The van der Waals surface area contributed by atoms with Crippen LogP contribution in [0.1, 0.15) is 15.9 Å². The van der Waals surface area contributed by atoms with Crippen LogP contribution in [0, 0.1) is 0 Å². The van der Waals surface area contributed by atoms with E-state index in [0.29, 0.717) is 11.0 Å². The number of rotatable bonds is 3. The molecule has 0 aromatic heterocycles. The molecular formula is C15H11BO. The van der Waals surface area contributed by atoms with Crippen molar-refractivity contribution in [2.75, 3.05) is 0 Å². The Morgan fingerprint density at radius 1 is 0.941 bits per heavy atom. The van der Waals surface area contributed by atoms with Gasteiger partial charge in [-0.25, -0.2) is 0 Å². The summed E-state index contributed by atoms with van der Waals surface area (Å²) in [5, 5.41) is 0. The number of hydrogen-bond donors (Lipinski definition) is 0. The third-order valence-electron chi connectivity index (χ3n) is 2.47. The van der Waals surface area contributed by atoms with Gasteiger partial charge in [-0.15, -0.1) is 0 Å². The first kappa shape index (κ1) is 11.4. The molecule has 2 aromatic carbocycles. The first-order valence-electron chi connectivity index (χ1n) is 5.39. The lowest BCUT2D eigenvalue weighted by Gasteiger charge is -1.99. The molecule has 17 heavy (non-hydrogen) atoms. The van der Waals surface area contributed by atoms with Crippen molar-refractivity contribution in [1.29, 1.82) is 0 Å². The number of ketones is 1. The Kier molecular flexibility index (Phi) is 3.56. The Hall–Kier alpha value is -2.09. The summed E-state index contributed by atoms with van der Waals surface area (Å²) in [4.78, 5) is 11.8. The van der Waals surface area contributed by atoms with Crippen molar-refractivity contribution >= 4 is 25.2 Å². The van der Waals surface area contributed by atoms with E-state index >= 15 is 0 Å². The highest BCUT2D eigenvalue weighted by molar-refractivity contribution is 6.34. The highest BCUT2D eigenvalue weighted by atomic mass is 16.1. The first-order valence-corrected chi connectivity index (χ1v) is 5.39. The van der Waals surface area contributed by atoms with Crippen molar-refractivity contribution in [2.45, 2.75) is 0 Å². The van der Waals surface area contributed by atoms with Crippen LogP contribution >= 0.6 is 0 Å². The van der Waals surface area contributed by atoms with Crippen LogP contribution in [0.25, 0.3) is 6.08 Å².